The second kappa shape index (κ2) is 4.66. The Labute approximate surface area is 112 Å². The van der Waals surface area contributed by atoms with Gasteiger partial charge in [-0.1, -0.05) is 6.92 Å². The van der Waals surface area contributed by atoms with Crippen molar-refractivity contribution < 1.29 is 18.3 Å². The van der Waals surface area contributed by atoms with Gasteiger partial charge in [0.25, 0.3) is 0 Å². The van der Waals surface area contributed by atoms with Crippen LogP contribution < -0.4 is 10.5 Å². The van der Waals surface area contributed by atoms with Gasteiger partial charge in [-0.05, 0) is 18.6 Å². The number of sulfonamides is 1. The van der Waals surface area contributed by atoms with Crippen LogP contribution in [0.3, 0.4) is 0 Å². The van der Waals surface area contributed by atoms with Gasteiger partial charge in [-0.2, -0.15) is 4.31 Å². The summed E-state index contributed by atoms with van der Waals surface area (Å²) in [6, 6.07) is 4.44. The van der Waals surface area contributed by atoms with Gasteiger partial charge in [0.2, 0.25) is 10.0 Å². The van der Waals surface area contributed by atoms with Crippen molar-refractivity contribution in [1.29, 1.82) is 0 Å². The van der Waals surface area contributed by atoms with E-state index in [0.29, 0.717) is 12.2 Å². The Morgan fingerprint density at radius 2 is 2.11 bits per heavy atom. The maximum absolute atomic E-state index is 12.3. The van der Waals surface area contributed by atoms with Crippen LogP contribution in [-0.2, 0) is 10.0 Å². The third kappa shape index (κ3) is 2.41. The maximum Gasteiger partial charge on any atom is 0.245 e. The minimum Gasteiger partial charge on any atom is -0.497 e. The smallest absolute Gasteiger partial charge is 0.245 e. The minimum absolute atomic E-state index is 0.0476. The van der Waals surface area contributed by atoms with E-state index in [0.717, 1.165) is 0 Å². The Morgan fingerprint density at radius 3 is 2.58 bits per heavy atom. The number of rotatable bonds is 4. The van der Waals surface area contributed by atoms with E-state index in [4.69, 9.17) is 10.5 Å². The molecule has 1 heterocycles. The highest BCUT2D eigenvalue weighted by Gasteiger charge is 2.46. The van der Waals surface area contributed by atoms with Crippen molar-refractivity contribution in [2.45, 2.75) is 23.8 Å². The molecule has 1 saturated heterocycles. The van der Waals surface area contributed by atoms with Crippen molar-refractivity contribution in [3.05, 3.63) is 18.2 Å². The molecular formula is C12H18N2O4S. The molecule has 1 aliphatic rings. The van der Waals surface area contributed by atoms with E-state index in [1.165, 1.54) is 23.5 Å². The molecule has 0 bridgehead atoms. The lowest BCUT2D eigenvalue weighted by Gasteiger charge is -2.44. The normalized spacial score (nSPS) is 18.9. The molecule has 1 aliphatic heterocycles. The molecule has 7 heteroatoms. The van der Waals surface area contributed by atoms with Gasteiger partial charge in [-0.25, -0.2) is 8.42 Å². The van der Waals surface area contributed by atoms with Crippen LogP contribution in [-0.4, -0.2) is 43.6 Å². The van der Waals surface area contributed by atoms with Crippen LogP contribution in [0.25, 0.3) is 0 Å². The molecule has 19 heavy (non-hydrogen) atoms. The van der Waals surface area contributed by atoms with Crippen molar-refractivity contribution in [2.75, 3.05) is 25.9 Å². The topological polar surface area (TPSA) is 92.9 Å². The predicted molar refractivity (Wildman–Crippen MR) is 71.4 cm³/mol. The molecule has 0 amide bonds. The number of nitrogens with zero attached hydrogens (tertiary/aromatic N) is 1. The van der Waals surface area contributed by atoms with E-state index >= 15 is 0 Å². The van der Waals surface area contributed by atoms with E-state index in [-0.39, 0.29) is 23.7 Å². The van der Waals surface area contributed by atoms with Gasteiger partial charge in [0.1, 0.15) is 10.6 Å². The Morgan fingerprint density at radius 1 is 1.47 bits per heavy atom. The van der Waals surface area contributed by atoms with E-state index in [2.05, 4.69) is 0 Å². The van der Waals surface area contributed by atoms with E-state index in [9.17, 15) is 13.5 Å². The summed E-state index contributed by atoms with van der Waals surface area (Å²) < 4.78 is 30.9. The Hall–Kier alpha value is -1.31. The van der Waals surface area contributed by atoms with Gasteiger partial charge in [-0.15, -0.1) is 0 Å². The first kappa shape index (κ1) is 14.1. The van der Waals surface area contributed by atoms with Gasteiger partial charge >= 0.3 is 0 Å². The van der Waals surface area contributed by atoms with Gasteiger partial charge in [0.15, 0.2) is 0 Å². The molecule has 0 atom stereocenters. The molecule has 0 spiro atoms. The number of hydrogen-bond donors (Lipinski definition) is 2. The van der Waals surface area contributed by atoms with Gasteiger partial charge in [0.05, 0.1) is 18.4 Å². The molecule has 6 nitrogen and oxygen atoms in total. The molecular weight excluding hydrogens is 268 g/mol. The highest BCUT2D eigenvalue weighted by molar-refractivity contribution is 7.89. The summed E-state index contributed by atoms with van der Waals surface area (Å²) in [5, 5.41) is 9.89. The van der Waals surface area contributed by atoms with E-state index < -0.39 is 15.6 Å². The maximum atomic E-state index is 12.3. The standard InChI is InChI=1S/C12H18N2O4S/c1-3-12(15)7-14(8-12)19(16,17)11-5-4-9(18-2)6-10(11)13/h4-6,15H,3,7-8,13H2,1-2H3. The molecule has 2 rings (SSSR count). The lowest BCUT2D eigenvalue weighted by molar-refractivity contribution is -0.0613. The zero-order valence-electron chi connectivity index (χ0n) is 11.0. The number of anilines is 1. The third-order valence-electron chi connectivity index (χ3n) is 3.43. The van der Waals surface area contributed by atoms with Gasteiger partial charge in [-0.3, -0.25) is 0 Å². The number of nitrogen functional groups attached to an aromatic ring is 1. The summed E-state index contributed by atoms with van der Waals surface area (Å²) in [7, 11) is -2.16. The highest BCUT2D eigenvalue weighted by atomic mass is 32.2. The Balaban J connectivity index is 2.27. The second-order valence-electron chi connectivity index (χ2n) is 4.75. The van der Waals surface area contributed by atoms with Gasteiger partial charge < -0.3 is 15.6 Å². The molecule has 3 N–H and O–H groups in total. The molecule has 0 aromatic heterocycles. The molecule has 1 aromatic rings. The number of methoxy groups -OCH3 is 1. The molecule has 106 valence electrons. The minimum atomic E-state index is -3.65. The second-order valence-corrected chi connectivity index (χ2v) is 6.66. The lowest BCUT2D eigenvalue weighted by atomic mass is 9.94. The summed E-state index contributed by atoms with van der Waals surface area (Å²) in [5.41, 5.74) is 4.99. The predicted octanol–water partition coefficient (Wildman–Crippen LogP) is 0.423. The first-order valence-corrected chi connectivity index (χ1v) is 7.42. The third-order valence-corrected chi connectivity index (χ3v) is 5.30. The fourth-order valence-electron chi connectivity index (χ4n) is 2.03. The van der Waals surface area contributed by atoms with Crippen LogP contribution in [0.4, 0.5) is 5.69 Å². The SMILES string of the molecule is CCC1(O)CN(S(=O)(=O)c2ccc(OC)cc2N)C1. The lowest BCUT2D eigenvalue weighted by Crippen LogP contribution is -2.62. The van der Waals surface area contributed by atoms with E-state index in [1.54, 1.807) is 6.07 Å². The number of benzene rings is 1. The number of ether oxygens (including phenoxy) is 1. The van der Waals surface area contributed by atoms with Crippen molar-refractivity contribution in [2.24, 2.45) is 0 Å². The fourth-order valence-corrected chi connectivity index (χ4v) is 3.73. The number of hydrogen-bond acceptors (Lipinski definition) is 5. The first-order valence-electron chi connectivity index (χ1n) is 5.98. The van der Waals surface area contributed by atoms with Crippen LogP contribution in [0.15, 0.2) is 23.1 Å². The Bertz CT molecular complexity index is 579. The number of aliphatic hydroxyl groups is 1. The van der Waals surface area contributed by atoms with Crippen molar-refractivity contribution in [3.63, 3.8) is 0 Å². The summed E-state index contributed by atoms with van der Waals surface area (Å²) in [6.07, 6.45) is 0.525. The summed E-state index contributed by atoms with van der Waals surface area (Å²) in [5.74, 6) is 0.505. The summed E-state index contributed by atoms with van der Waals surface area (Å²) in [4.78, 5) is 0.0476. The zero-order chi connectivity index (χ0) is 14.3. The fraction of sp³-hybridized carbons (Fsp3) is 0.500. The molecule has 0 aliphatic carbocycles. The zero-order valence-corrected chi connectivity index (χ0v) is 11.8. The molecule has 0 saturated carbocycles. The highest BCUT2D eigenvalue weighted by Crippen LogP contribution is 2.33. The molecule has 0 radical (unpaired) electrons. The monoisotopic (exact) mass is 286 g/mol. The van der Waals surface area contributed by atoms with Crippen molar-refractivity contribution >= 4 is 15.7 Å². The number of nitrogens with two attached hydrogens (primary N) is 1. The van der Waals surface area contributed by atoms with E-state index in [1.807, 2.05) is 6.92 Å². The van der Waals surface area contributed by atoms with Crippen LogP contribution >= 0.6 is 0 Å². The summed E-state index contributed by atoms with van der Waals surface area (Å²) in [6.45, 7) is 2.04. The average Bonchev–Trinajstić information content (AvgIpc) is 2.34. The van der Waals surface area contributed by atoms with Gasteiger partial charge in [0, 0.05) is 19.2 Å². The largest absolute Gasteiger partial charge is 0.497 e. The molecule has 1 fully saturated rings. The van der Waals surface area contributed by atoms with Crippen molar-refractivity contribution in [3.8, 4) is 5.75 Å². The van der Waals surface area contributed by atoms with Crippen LogP contribution in [0.5, 0.6) is 5.75 Å². The average molecular weight is 286 g/mol. The molecule has 0 unspecified atom stereocenters. The quantitative estimate of drug-likeness (QED) is 0.783. The van der Waals surface area contributed by atoms with Crippen molar-refractivity contribution in [1.82, 2.24) is 4.31 Å². The number of β-amino-alcohol motifs (C(OH)–C–C–N with tert-alkyl or cyclic N) is 1. The van der Waals surface area contributed by atoms with Crippen LogP contribution in [0.2, 0.25) is 0 Å². The van der Waals surface area contributed by atoms with Crippen LogP contribution in [0.1, 0.15) is 13.3 Å². The molecule has 1 aromatic carbocycles. The summed E-state index contributed by atoms with van der Waals surface area (Å²) >= 11 is 0. The Kier molecular flexibility index (Phi) is 3.46. The first-order chi connectivity index (χ1) is 8.82. The van der Waals surface area contributed by atoms with Crippen LogP contribution in [0, 0.1) is 0 Å².